The van der Waals surface area contributed by atoms with Crippen molar-refractivity contribution in [3.8, 4) is 16.9 Å². The number of phenolic OH excluding ortho intramolecular Hbond substituents is 1. The summed E-state index contributed by atoms with van der Waals surface area (Å²) in [7, 11) is 1.72. The molecule has 0 radical (unpaired) electrons. The van der Waals surface area contributed by atoms with E-state index in [0.717, 1.165) is 17.7 Å². The number of nitrogens with zero attached hydrogens (tertiary/aromatic N) is 2. The third kappa shape index (κ3) is 3.80. The number of carbonyl (C=O) groups is 1. The van der Waals surface area contributed by atoms with Crippen LogP contribution in [0.1, 0.15) is 15.9 Å². The van der Waals surface area contributed by atoms with E-state index in [4.69, 9.17) is 11.6 Å². The topological polar surface area (TPSA) is 67.2 Å². The number of benzene rings is 2. The minimum atomic E-state index is -0.717. The Labute approximate surface area is 148 Å². The van der Waals surface area contributed by atoms with Gasteiger partial charge in [0.25, 0.3) is 5.91 Å². The zero-order valence-electron chi connectivity index (χ0n) is 13.3. The summed E-state index contributed by atoms with van der Waals surface area (Å²) in [5, 5.41) is 17.3. The molecule has 0 atom stereocenters. The van der Waals surface area contributed by atoms with Gasteiger partial charge in [-0.25, -0.2) is 4.39 Å². The fourth-order valence-electron chi connectivity index (χ4n) is 2.41. The smallest absolute Gasteiger partial charge is 0.254 e. The number of hydrogen-bond donors (Lipinski definition) is 2. The summed E-state index contributed by atoms with van der Waals surface area (Å²) in [6, 6.07) is 9.19. The largest absolute Gasteiger partial charge is 0.507 e. The molecule has 0 spiro atoms. The van der Waals surface area contributed by atoms with E-state index < -0.39 is 11.7 Å². The van der Waals surface area contributed by atoms with E-state index in [1.165, 1.54) is 6.20 Å². The average Bonchev–Trinajstić information content (AvgIpc) is 3.02. The van der Waals surface area contributed by atoms with Gasteiger partial charge < -0.3 is 10.4 Å². The summed E-state index contributed by atoms with van der Waals surface area (Å²) >= 11 is 5.80. The highest BCUT2D eigenvalue weighted by molar-refractivity contribution is 6.30. The maximum absolute atomic E-state index is 14.3. The number of hydrogen-bond acceptors (Lipinski definition) is 3. The lowest BCUT2D eigenvalue weighted by molar-refractivity contribution is 0.0946. The number of aromatic nitrogens is 2. The summed E-state index contributed by atoms with van der Waals surface area (Å²) < 4.78 is 15.9. The second kappa shape index (κ2) is 6.94. The predicted octanol–water partition coefficient (Wildman–Crippen LogP) is 3.52. The summed E-state index contributed by atoms with van der Waals surface area (Å²) in [5.74, 6) is -1.52. The van der Waals surface area contributed by atoms with Crippen molar-refractivity contribution >= 4 is 17.5 Å². The number of aryl methyl sites for hydroxylation is 1. The maximum Gasteiger partial charge on any atom is 0.254 e. The first kappa shape index (κ1) is 17.0. The Hall–Kier alpha value is -2.86. The molecule has 7 heteroatoms. The van der Waals surface area contributed by atoms with Crippen LogP contribution in [0.25, 0.3) is 11.1 Å². The molecule has 1 amide bonds. The fraction of sp³-hybridized carbons (Fsp3) is 0.111. The minimum Gasteiger partial charge on any atom is -0.507 e. The predicted molar refractivity (Wildman–Crippen MR) is 92.9 cm³/mol. The van der Waals surface area contributed by atoms with E-state index in [1.54, 1.807) is 42.2 Å². The second-order valence-corrected chi connectivity index (χ2v) is 6.00. The standard InChI is InChI=1S/C18H15ClFN3O2/c1-23-10-12(9-22-23)14-6-16(20)15(7-17(14)24)18(25)21-8-11-2-4-13(19)5-3-11/h2-7,9-10,24H,8H2,1H3,(H,21,25). The third-order valence-electron chi connectivity index (χ3n) is 3.71. The summed E-state index contributed by atoms with van der Waals surface area (Å²) in [6.07, 6.45) is 3.16. The molecule has 128 valence electrons. The van der Waals surface area contributed by atoms with Crippen molar-refractivity contribution in [2.24, 2.45) is 7.05 Å². The van der Waals surface area contributed by atoms with Crippen LogP contribution in [-0.2, 0) is 13.6 Å². The monoisotopic (exact) mass is 359 g/mol. The highest BCUT2D eigenvalue weighted by Crippen LogP contribution is 2.31. The second-order valence-electron chi connectivity index (χ2n) is 5.56. The fourth-order valence-corrected chi connectivity index (χ4v) is 2.53. The minimum absolute atomic E-state index is 0.189. The number of phenols is 1. The molecule has 0 saturated carbocycles. The Morgan fingerprint density at radius 3 is 2.68 bits per heavy atom. The van der Waals surface area contributed by atoms with Crippen LogP contribution in [-0.4, -0.2) is 20.8 Å². The lowest BCUT2D eigenvalue weighted by atomic mass is 10.0. The molecule has 2 N–H and O–H groups in total. The molecular formula is C18H15ClFN3O2. The summed E-state index contributed by atoms with van der Waals surface area (Å²) in [6.45, 7) is 0.223. The first-order chi connectivity index (χ1) is 11.9. The van der Waals surface area contributed by atoms with E-state index >= 15 is 0 Å². The van der Waals surface area contributed by atoms with Crippen molar-refractivity contribution in [3.05, 3.63) is 70.8 Å². The van der Waals surface area contributed by atoms with Crippen molar-refractivity contribution in [1.82, 2.24) is 15.1 Å². The Morgan fingerprint density at radius 2 is 2.04 bits per heavy atom. The van der Waals surface area contributed by atoms with Gasteiger partial charge in [0.15, 0.2) is 0 Å². The van der Waals surface area contributed by atoms with E-state index in [-0.39, 0.29) is 23.4 Å². The number of carbonyl (C=O) groups excluding carboxylic acids is 1. The van der Waals surface area contributed by atoms with Crippen LogP contribution < -0.4 is 5.32 Å². The third-order valence-corrected chi connectivity index (χ3v) is 3.96. The zero-order valence-corrected chi connectivity index (χ0v) is 14.1. The molecule has 1 aromatic heterocycles. The van der Waals surface area contributed by atoms with Gasteiger partial charge in [0.05, 0.1) is 11.8 Å². The van der Waals surface area contributed by atoms with Crippen molar-refractivity contribution in [1.29, 1.82) is 0 Å². The van der Waals surface area contributed by atoms with Gasteiger partial charge in [0, 0.05) is 35.9 Å². The lowest BCUT2D eigenvalue weighted by Gasteiger charge is -2.09. The lowest BCUT2D eigenvalue weighted by Crippen LogP contribution is -2.23. The molecule has 3 aromatic rings. The first-order valence-corrected chi connectivity index (χ1v) is 7.86. The maximum atomic E-state index is 14.3. The van der Waals surface area contributed by atoms with E-state index in [1.807, 2.05) is 0 Å². The van der Waals surface area contributed by atoms with Gasteiger partial charge in [-0.05, 0) is 29.8 Å². The summed E-state index contributed by atoms with van der Waals surface area (Å²) in [5.41, 5.74) is 1.44. The van der Waals surface area contributed by atoms with Crippen LogP contribution in [0.5, 0.6) is 5.75 Å². The SMILES string of the molecule is Cn1cc(-c2cc(F)c(C(=O)NCc3ccc(Cl)cc3)cc2O)cn1. The van der Waals surface area contributed by atoms with Gasteiger partial charge in [-0.2, -0.15) is 5.10 Å². The quantitative estimate of drug-likeness (QED) is 0.749. The van der Waals surface area contributed by atoms with Crippen LogP contribution in [0.3, 0.4) is 0 Å². The van der Waals surface area contributed by atoms with E-state index in [0.29, 0.717) is 10.6 Å². The molecule has 0 aliphatic rings. The van der Waals surface area contributed by atoms with Crippen LogP contribution in [0, 0.1) is 5.82 Å². The van der Waals surface area contributed by atoms with E-state index in [9.17, 15) is 14.3 Å². The van der Waals surface area contributed by atoms with Crippen LogP contribution in [0.15, 0.2) is 48.8 Å². The molecule has 0 saturated heterocycles. The van der Waals surface area contributed by atoms with Gasteiger partial charge in [0.1, 0.15) is 11.6 Å². The number of halogens is 2. The van der Waals surface area contributed by atoms with Crippen molar-refractivity contribution in [3.63, 3.8) is 0 Å². The molecule has 3 rings (SSSR count). The Bertz CT molecular complexity index is 923. The zero-order chi connectivity index (χ0) is 18.0. The van der Waals surface area contributed by atoms with Crippen LogP contribution >= 0.6 is 11.6 Å². The molecule has 0 aliphatic heterocycles. The van der Waals surface area contributed by atoms with Crippen molar-refractivity contribution < 1.29 is 14.3 Å². The number of rotatable bonds is 4. The van der Waals surface area contributed by atoms with Gasteiger partial charge in [-0.1, -0.05) is 23.7 Å². The number of nitrogens with one attached hydrogen (secondary N) is 1. The van der Waals surface area contributed by atoms with Gasteiger partial charge in [-0.3, -0.25) is 9.48 Å². The van der Waals surface area contributed by atoms with Crippen molar-refractivity contribution in [2.75, 3.05) is 0 Å². The Balaban J connectivity index is 1.78. The molecule has 2 aromatic carbocycles. The molecule has 0 aliphatic carbocycles. The summed E-state index contributed by atoms with van der Waals surface area (Å²) in [4.78, 5) is 12.2. The number of aromatic hydroxyl groups is 1. The Kier molecular flexibility index (Phi) is 4.72. The molecule has 0 unspecified atom stereocenters. The highest BCUT2D eigenvalue weighted by atomic mass is 35.5. The molecular weight excluding hydrogens is 345 g/mol. The normalized spacial score (nSPS) is 10.7. The first-order valence-electron chi connectivity index (χ1n) is 7.48. The molecule has 0 fully saturated rings. The molecule has 0 bridgehead atoms. The Morgan fingerprint density at radius 1 is 1.32 bits per heavy atom. The van der Waals surface area contributed by atoms with Crippen LogP contribution in [0.4, 0.5) is 4.39 Å². The highest BCUT2D eigenvalue weighted by Gasteiger charge is 2.17. The average molecular weight is 360 g/mol. The van der Waals surface area contributed by atoms with Gasteiger partial charge in [-0.15, -0.1) is 0 Å². The van der Waals surface area contributed by atoms with Crippen LogP contribution in [0.2, 0.25) is 5.02 Å². The van der Waals surface area contributed by atoms with Gasteiger partial charge in [0.2, 0.25) is 0 Å². The molecule has 25 heavy (non-hydrogen) atoms. The molecule has 1 heterocycles. The molecule has 5 nitrogen and oxygen atoms in total. The number of amides is 1. The van der Waals surface area contributed by atoms with E-state index in [2.05, 4.69) is 10.4 Å². The van der Waals surface area contributed by atoms with Crippen molar-refractivity contribution in [2.45, 2.75) is 6.54 Å². The van der Waals surface area contributed by atoms with Gasteiger partial charge >= 0.3 is 0 Å².